The zero-order chi connectivity index (χ0) is 32.4. The van der Waals surface area contributed by atoms with Gasteiger partial charge >= 0.3 is 0 Å². The summed E-state index contributed by atoms with van der Waals surface area (Å²) in [5, 5.41) is 5.04. The summed E-state index contributed by atoms with van der Waals surface area (Å²) in [6.45, 7) is 8.42. The average molecular weight is 630 g/mol. The van der Waals surface area contributed by atoms with Crippen LogP contribution in [0.15, 0.2) is 126 Å². The van der Waals surface area contributed by atoms with Gasteiger partial charge < -0.3 is 14.8 Å². The minimum atomic E-state index is 0.272. The van der Waals surface area contributed by atoms with Crippen LogP contribution < -0.4 is 10.2 Å². The fourth-order valence-corrected chi connectivity index (χ4v) is 9.86. The molecule has 242 valence electrons. The summed E-state index contributed by atoms with van der Waals surface area (Å²) < 4.78 is 2.47. The van der Waals surface area contributed by atoms with Crippen LogP contribution >= 0.6 is 0 Å². The third-order valence-corrected chi connectivity index (χ3v) is 12.3. The molecule has 0 amide bonds. The van der Waals surface area contributed by atoms with Crippen molar-refractivity contribution in [1.82, 2.24) is 9.88 Å². The monoisotopic (exact) mass is 629 g/mol. The number of aromatic nitrogens is 1. The Bertz CT molecular complexity index is 2050. The number of anilines is 1. The van der Waals surface area contributed by atoms with Gasteiger partial charge in [-0.2, -0.15) is 0 Å². The lowest BCUT2D eigenvalue weighted by molar-refractivity contribution is 0.217. The van der Waals surface area contributed by atoms with Gasteiger partial charge in [0.25, 0.3) is 0 Å². The Labute approximate surface area is 286 Å². The second kappa shape index (κ2) is 11.6. The zero-order valence-electron chi connectivity index (χ0n) is 28.7. The van der Waals surface area contributed by atoms with E-state index >= 15 is 0 Å². The number of nitrogens with one attached hydrogen (secondary N) is 1. The number of fused-ring (bicyclic) bond motifs is 5. The van der Waals surface area contributed by atoms with Gasteiger partial charge in [-0.25, -0.2) is 0 Å². The van der Waals surface area contributed by atoms with E-state index in [0.29, 0.717) is 5.92 Å². The van der Waals surface area contributed by atoms with Crippen molar-refractivity contribution in [3.63, 3.8) is 0 Å². The topological polar surface area (TPSA) is 20.2 Å². The lowest BCUT2D eigenvalue weighted by Crippen LogP contribution is -2.37. The number of rotatable bonds is 5. The van der Waals surface area contributed by atoms with Crippen LogP contribution in [0.25, 0.3) is 28.2 Å². The highest BCUT2D eigenvalue weighted by Crippen LogP contribution is 2.60. The number of nitrogens with zero attached hydrogens (tertiary/aromatic N) is 2. The third-order valence-electron chi connectivity index (χ3n) is 12.3. The summed E-state index contributed by atoms with van der Waals surface area (Å²) in [5.41, 5.74) is 14.7. The highest BCUT2D eigenvalue weighted by atomic mass is 15.3. The lowest BCUT2D eigenvalue weighted by atomic mass is 9.68. The second-order valence-electron chi connectivity index (χ2n) is 15.4. The van der Waals surface area contributed by atoms with Gasteiger partial charge in [-0.3, -0.25) is 0 Å². The molecule has 0 fully saturated rings. The molecule has 3 aromatic carbocycles. The van der Waals surface area contributed by atoms with Gasteiger partial charge in [-0.1, -0.05) is 98.7 Å². The zero-order valence-corrected chi connectivity index (χ0v) is 28.7. The Hall–Kier alpha value is -4.50. The molecule has 48 heavy (non-hydrogen) atoms. The second-order valence-corrected chi connectivity index (χ2v) is 15.4. The molecule has 0 saturated carbocycles. The fraction of sp³-hybridized carbons (Fsp3) is 0.333. The van der Waals surface area contributed by atoms with Gasteiger partial charge in [0, 0.05) is 40.3 Å². The van der Waals surface area contributed by atoms with Crippen LogP contribution in [-0.4, -0.2) is 11.1 Å². The summed E-state index contributed by atoms with van der Waals surface area (Å²) in [5.74, 6) is 3.41. The summed E-state index contributed by atoms with van der Waals surface area (Å²) in [6.07, 6.45) is 20.0. The van der Waals surface area contributed by atoms with Gasteiger partial charge in [-0.15, -0.1) is 0 Å². The van der Waals surface area contributed by atoms with Gasteiger partial charge in [-0.05, 0) is 122 Å². The van der Waals surface area contributed by atoms with Crippen molar-refractivity contribution >= 4 is 28.2 Å². The fourth-order valence-electron chi connectivity index (χ4n) is 9.86. The number of hydrogen-bond donors (Lipinski definition) is 1. The Balaban J connectivity index is 1.05. The van der Waals surface area contributed by atoms with Crippen LogP contribution in [-0.2, 0) is 6.42 Å². The minimum Gasteiger partial charge on any atom is -0.368 e. The summed E-state index contributed by atoms with van der Waals surface area (Å²) in [4.78, 5) is 2.53. The van der Waals surface area contributed by atoms with E-state index in [2.05, 4.69) is 145 Å². The van der Waals surface area contributed by atoms with Crippen LogP contribution in [0.5, 0.6) is 0 Å². The van der Waals surface area contributed by atoms with Crippen molar-refractivity contribution in [3.8, 4) is 5.69 Å². The average Bonchev–Trinajstić information content (AvgIpc) is 3.57. The van der Waals surface area contributed by atoms with Crippen molar-refractivity contribution in [2.75, 3.05) is 11.4 Å². The first kappa shape index (κ1) is 29.6. The van der Waals surface area contributed by atoms with Crippen LogP contribution in [0.2, 0.25) is 0 Å². The number of para-hydroxylation sites is 2. The largest absolute Gasteiger partial charge is 0.368 e. The molecule has 0 spiro atoms. The van der Waals surface area contributed by atoms with Crippen molar-refractivity contribution in [2.24, 2.45) is 23.2 Å². The molecule has 3 unspecified atom stereocenters. The summed E-state index contributed by atoms with van der Waals surface area (Å²) in [7, 11) is 0. The molecule has 0 bridgehead atoms. The first-order chi connectivity index (χ1) is 23.5. The Morgan fingerprint density at radius 1 is 0.875 bits per heavy atom. The molecule has 0 saturated heterocycles. The summed E-state index contributed by atoms with van der Waals surface area (Å²) in [6, 6.07) is 29.2. The van der Waals surface area contributed by atoms with E-state index < -0.39 is 0 Å². The van der Waals surface area contributed by atoms with Crippen LogP contribution in [0.1, 0.15) is 76.1 Å². The molecule has 1 aromatic heterocycles. The molecule has 0 radical (unpaired) electrons. The van der Waals surface area contributed by atoms with Gasteiger partial charge in [0.2, 0.25) is 0 Å². The highest BCUT2D eigenvalue weighted by Gasteiger charge is 2.50. The smallest absolute Gasteiger partial charge is 0.110 e. The Morgan fingerprint density at radius 3 is 2.50 bits per heavy atom. The minimum absolute atomic E-state index is 0.272. The first-order valence-corrected chi connectivity index (χ1v) is 18.3. The van der Waals surface area contributed by atoms with E-state index in [1.165, 1.54) is 81.9 Å². The van der Waals surface area contributed by atoms with Crippen molar-refractivity contribution in [2.45, 2.75) is 65.7 Å². The van der Waals surface area contributed by atoms with Crippen LogP contribution in [0.4, 0.5) is 5.69 Å². The Kier molecular flexibility index (Phi) is 7.15. The third kappa shape index (κ3) is 4.77. The molecule has 3 heteroatoms. The predicted molar refractivity (Wildman–Crippen MR) is 202 cm³/mol. The molecule has 1 N–H and O–H groups in total. The SMILES string of the molecule is CC1CCC2=C(C1)C(C)(C)C1CC(N(C3=CC=CCN3)c3ccc(C4=Cc5c(n(-c6ccccc6)c6ccccc56)CC4)cc3)=CCC21. The van der Waals surface area contributed by atoms with Gasteiger partial charge in [0.15, 0.2) is 0 Å². The summed E-state index contributed by atoms with van der Waals surface area (Å²) >= 11 is 0. The normalized spacial score (nSPS) is 24.2. The molecule has 3 atom stereocenters. The van der Waals surface area contributed by atoms with Crippen LogP contribution in [0.3, 0.4) is 0 Å². The molecule has 5 aliphatic rings. The number of hydrogen-bond acceptors (Lipinski definition) is 2. The van der Waals surface area contributed by atoms with E-state index in [0.717, 1.165) is 37.6 Å². The number of allylic oxidation sites excluding steroid dienone is 7. The van der Waals surface area contributed by atoms with Gasteiger partial charge in [0.05, 0.1) is 5.52 Å². The van der Waals surface area contributed by atoms with Crippen molar-refractivity contribution in [3.05, 3.63) is 143 Å². The van der Waals surface area contributed by atoms with Crippen molar-refractivity contribution in [1.29, 1.82) is 0 Å². The number of benzene rings is 3. The maximum absolute atomic E-state index is 3.71. The maximum atomic E-state index is 3.71. The predicted octanol–water partition coefficient (Wildman–Crippen LogP) is 11.0. The van der Waals surface area contributed by atoms with E-state index in [1.54, 1.807) is 5.57 Å². The Morgan fingerprint density at radius 2 is 1.69 bits per heavy atom. The van der Waals surface area contributed by atoms with Crippen LogP contribution in [0, 0.1) is 23.2 Å². The standard InChI is InChI=1S/C45H47N3/c1-30-16-23-36-37-24-22-35(29-41(37)45(2,3)40(36)27-30)47(44-15-9-10-26-46-44)34-20-17-31(18-21-34)32-19-25-43-39(28-32)38-13-7-8-14-42(38)48(43)33-11-5-4-6-12-33/h4-15,17-18,20-22,28,30,37,41,46H,16,19,23-27,29H2,1-3H3. The van der Waals surface area contributed by atoms with E-state index in [-0.39, 0.29) is 5.41 Å². The molecule has 4 aromatic rings. The molecule has 3 nitrogen and oxygen atoms in total. The molecular weight excluding hydrogens is 583 g/mol. The van der Waals surface area contributed by atoms with Crippen molar-refractivity contribution < 1.29 is 0 Å². The molecule has 4 aliphatic carbocycles. The van der Waals surface area contributed by atoms with E-state index in [4.69, 9.17) is 0 Å². The molecular formula is C45H47N3. The van der Waals surface area contributed by atoms with Gasteiger partial charge in [0.1, 0.15) is 5.82 Å². The molecule has 9 rings (SSSR count). The maximum Gasteiger partial charge on any atom is 0.110 e. The van der Waals surface area contributed by atoms with E-state index in [1.807, 2.05) is 5.57 Å². The van der Waals surface area contributed by atoms with E-state index in [9.17, 15) is 0 Å². The molecule has 1 aliphatic heterocycles. The highest BCUT2D eigenvalue weighted by molar-refractivity contribution is 5.99. The molecule has 2 heterocycles. The number of dihydropyridines is 1. The first-order valence-electron chi connectivity index (χ1n) is 18.3. The quantitative estimate of drug-likeness (QED) is 0.222. The lowest BCUT2D eigenvalue weighted by Gasteiger charge is -2.41.